The summed E-state index contributed by atoms with van der Waals surface area (Å²) < 4.78 is 18.3. The van der Waals surface area contributed by atoms with Gasteiger partial charge in [-0.2, -0.15) is 0 Å². The van der Waals surface area contributed by atoms with Crippen LogP contribution < -0.4 is 0 Å². The summed E-state index contributed by atoms with van der Waals surface area (Å²) in [6.45, 7) is 0.505. The maximum Gasteiger partial charge on any atom is 0.340 e. The Balaban J connectivity index is -0.00000176. The minimum atomic E-state index is -0.897. The van der Waals surface area contributed by atoms with Crippen molar-refractivity contribution in [2.45, 2.75) is 35.6 Å². The molecule has 0 aliphatic rings. The van der Waals surface area contributed by atoms with Crippen molar-refractivity contribution in [3.63, 3.8) is 0 Å². The van der Waals surface area contributed by atoms with E-state index in [1.165, 1.54) is 38.3 Å². The number of esters is 3. The highest BCUT2D eigenvalue weighted by atomic mass is 16.7. The van der Waals surface area contributed by atoms with Crippen molar-refractivity contribution < 1.29 is 38.1 Å². The first-order valence-electron chi connectivity index (χ1n) is 6.52. The number of carbonyl (C=O) groups is 4. The summed E-state index contributed by atoms with van der Waals surface area (Å²) in [5.74, 6) is -2.57. The number of hydrogen-bond acceptors (Lipinski definition) is 8. The zero-order chi connectivity index (χ0) is 17.2. The van der Waals surface area contributed by atoms with Crippen LogP contribution in [0.5, 0.6) is 0 Å². The predicted molar refractivity (Wildman–Crippen MR) is 95.6 cm³/mol. The smallest absolute Gasteiger partial charge is 0.340 e. The summed E-state index contributed by atoms with van der Waals surface area (Å²) in [7, 11) is 1.33. The third-order valence-corrected chi connectivity index (χ3v) is 2.56. The number of carbonyl (C=O) groups excluding carboxylic acids is 4. The summed E-state index contributed by atoms with van der Waals surface area (Å²) in [5.41, 5.74) is 0.660. The molecule has 1 rings (SSSR count). The van der Waals surface area contributed by atoms with E-state index in [9.17, 15) is 19.2 Å². The van der Waals surface area contributed by atoms with Crippen molar-refractivity contribution in [2.24, 2.45) is 0 Å². The largest absolute Gasteiger partial charge is 0.438 e. The third-order valence-electron chi connectivity index (χ3n) is 2.56. The van der Waals surface area contributed by atoms with Gasteiger partial charge in [0.15, 0.2) is 12.6 Å². The molecule has 1 aromatic rings. The van der Waals surface area contributed by atoms with Crippen LogP contribution in [0.25, 0.3) is 0 Å². The number of rotatable bonds is 8. The molecule has 0 aliphatic heterocycles. The highest BCUT2D eigenvalue weighted by Gasteiger charge is 2.13. The molecule has 0 atom stereocenters. The number of methoxy groups -OCH3 is 1. The maximum atomic E-state index is 11.7. The van der Waals surface area contributed by atoms with E-state index >= 15 is 0 Å². The SMILES string of the molecule is C.C.C.COCOC(=O)CC(=O)OCOC(=O)c1ccc(C(C)=O)cc1. The van der Waals surface area contributed by atoms with E-state index in [4.69, 9.17) is 4.74 Å². The van der Waals surface area contributed by atoms with Crippen LogP contribution in [0.4, 0.5) is 0 Å². The molecule has 148 valence electrons. The molecule has 0 radical (unpaired) electrons. The van der Waals surface area contributed by atoms with Gasteiger partial charge in [-0.1, -0.05) is 34.4 Å². The normalized spacial score (nSPS) is 8.69. The Hall–Kier alpha value is -2.74. The first-order valence-corrected chi connectivity index (χ1v) is 6.52. The fourth-order valence-corrected chi connectivity index (χ4v) is 1.42. The number of ketones is 1. The minimum absolute atomic E-state index is 0. The average Bonchev–Trinajstić information content (AvgIpc) is 2.52. The second kappa shape index (κ2) is 14.6. The minimum Gasteiger partial charge on any atom is -0.438 e. The molecule has 0 aliphatic carbocycles. The van der Waals surface area contributed by atoms with Crippen LogP contribution in [0, 0.1) is 0 Å². The van der Waals surface area contributed by atoms with Gasteiger partial charge in [-0.3, -0.25) is 14.4 Å². The van der Waals surface area contributed by atoms with Gasteiger partial charge in [0, 0.05) is 12.7 Å². The molecule has 0 heterocycles. The Morgan fingerprint density at radius 2 is 1.23 bits per heavy atom. The summed E-state index contributed by atoms with van der Waals surface area (Å²) in [5, 5.41) is 0. The Kier molecular flexibility index (Phi) is 15.8. The first-order chi connectivity index (χ1) is 10.9. The van der Waals surface area contributed by atoms with E-state index in [-0.39, 0.29) is 40.4 Å². The number of hydrogen-bond donors (Lipinski definition) is 0. The van der Waals surface area contributed by atoms with Crippen LogP contribution in [0.15, 0.2) is 24.3 Å². The van der Waals surface area contributed by atoms with E-state index in [2.05, 4.69) is 14.2 Å². The lowest BCUT2D eigenvalue weighted by molar-refractivity contribution is -0.164. The summed E-state index contributed by atoms with van der Waals surface area (Å²) in [6, 6.07) is 5.81. The maximum absolute atomic E-state index is 11.7. The van der Waals surface area contributed by atoms with Gasteiger partial charge in [-0.05, 0) is 19.1 Å². The molecular weight excluding hydrogens is 344 g/mol. The van der Waals surface area contributed by atoms with Gasteiger partial charge in [-0.25, -0.2) is 4.79 Å². The van der Waals surface area contributed by atoms with Crippen molar-refractivity contribution in [1.29, 1.82) is 0 Å². The van der Waals surface area contributed by atoms with Crippen LogP contribution in [-0.4, -0.2) is 44.4 Å². The lowest BCUT2D eigenvalue weighted by Gasteiger charge is -2.07. The fraction of sp³-hybridized carbons (Fsp3) is 0.444. The van der Waals surface area contributed by atoms with Crippen molar-refractivity contribution in [1.82, 2.24) is 0 Å². The van der Waals surface area contributed by atoms with E-state index in [0.717, 1.165) is 0 Å². The van der Waals surface area contributed by atoms with Gasteiger partial charge in [0.2, 0.25) is 6.79 Å². The molecule has 0 spiro atoms. The van der Waals surface area contributed by atoms with Crippen molar-refractivity contribution in [2.75, 3.05) is 20.7 Å². The molecule has 0 fully saturated rings. The Bertz CT molecular complexity index is 577. The molecule has 8 nitrogen and oxygen atoms in total. The third kappa shape index (κ3) is 10.2. The van der Waals surface area contributed by atoms with Crippen molar-refractivity contribution >= 4 is 23.7 Å². The molecular formula is C18H28O8. The molecule has 8 heteroatoms. The van der Waals surface area contributed by atoms with Gasteiger partial charge >= 0.3 is 17.9 Å². The molecule has 0 unspecified atom stereocenters. The van der Waals surface area contributed by atoms with Gasteiger partial charge in [0.1, 0.15) is 6.42 Å². The standard InChI is InChI=1S/C15H16O8.3CH4/c1-10(16)11-3-5-12(6-4-11)15(19)23-9-22-14(18)7-13(17)21-8-20-2;;;/h3-6H,7-9H2,1-2H3;3*1H4. The lowest BCUT2D eigenvalue weighted by atomic mass is 10.1. The molecule has 0 saturated heterocycles. The summed E-state index contributed by atoms with van der Waals surface area (Å²) in [4.78, 5) is 45.1. The van der Waals surface area contributed by atoms with E-state index < -0.39 is 31.1 Å². The van der Waals surface area contributed by atoms with Crippen LogP contribution in [0.1, 0.15) is 56.3 Å². The molecule has 0 aromatic heterocycles. The van der Waals surface area contributed by atoms with E-state index in [1.807, 2.05) is 0 Å². The van der Waals surface area contributed by atoms with Crippen LogP contribution in [0.2, 0.25) is 0 Å². The van der Waals surface area contributed by atoms with Crippen molar-refractivity contribution in [3.8, 4) is 0 Å². The van der Waals surface area contributed by atoms with Gasteiger partial charge in [0.05, 0.1) is 5.56 Å². The first kappa shape index (κ1) is 28.1. The second-order valence-electron chi connectivity index (χ2n) is 4.30. The zero-order valence-electron chi connectivity index (χ0n) is 12.7. The summed E-state index contributed by atoms with van der Waals surface area (Å²) >= 11 is 0. The fourth-order valence-electron chi connectivity index (χ4n) is 1.42. The topological polar surface area (TPSA) is 105 Å². The van der Waals surface area contributed by atoms with Gasteiger partial charge in [0.25, 0.3) is 0 Å². The van der Waals surface area contributed by atoms with E-state index in [0.29, 0.717) is 5.56 Å². The Morgan fingerprint density at radius 1 is 0.769 bits per heavy atom. The predicted octanol–water partition coefficient (Wildman–Crippen LogP) is 2.99. The Labute approximate surface area is 154 Å². The highest BCUT2D eigenvalue weighted by molar-refractivity contribution is 5.96. The number of ether oxygens (including phenoxy) is 4. The molecule has 0 saturated carbocycles. The van der Waals surface area contributed by atoms with Gasteiger partial charge in [-0.15, -0.1) is 0 Å². The zero-order valence-corrected chi connectivity index (χ0v) is 12.7. The quantitative estimate of drug-likeness (QED) is 0.297. The number of benzene rings is 1. The molecule has 0 N–H and O–H groups in total. The van der Waals surface area contributed by atoms with Crippen molar-refractivity contribution in [3.05, 3.63) is 35.4 Å². The monoisotopic (exact) mass is 372 g/mol. The molecule has 26 heavy (non-hydrogen) atoms. The average molecular weight is 372 g/mol. The lowest BCUT2D eigenvalue weighted by Crippen LogP contribution is -2.17. The van der Waals surface area contributed by atoms with Crippen LogP contribution >= 0.6 is 0 Å². The summed E-state index contributed by atoms with van der Waals surface area (Å²) in [6.07, 6.45) is -0.617. The van der Waals surface area contributed by atoms with Gasteiger partial charge < -0.3 is 18.9 Å². The second-order valence-corrected chi connectivity index (χ2v) is 4.30. The Morgan fingerprint density at radius 3 is 1.69 bits per heavy atom. The highest BCUT2D eigenvalue weighted by Crippen LogP contribution is 2.07. The molecule has 0 bridgehead atoms. The number of Topliss-reactive ketones (excluding diaryl/α,β-unsaturated/α-hetero) is 1. The van der Waals surface area contributed by atoms with E-state index in [1.54, 1.807) is 0 Å². The molecule has 1 aromatic carbocycles. The molecule has 0 amide bonds. The van der Waals surface area contributed by atoms with Crippen LogP contribution in [-0.2, 0) is 28.5 Å². The van der Waals surface area contributed by atoms with Crippen LogP contribution in [0.3, 0.4) is 0 Å².